The summed E-state index contributed by atoms with van der Waals surface area (Å²) in [4.78, 5) is 35.8. The molecule has 0 aromatic heterocycles. The Balaban J connectivity index is 4.23. The van der Waals surface area contributed by atoms with Crippen molar-refractivity contribution < 1.29 is 42.1 Å². The zero-order valence-corrected chi connectivity index (χ0v) is 54.7. The van der Waals surface area contributed by atoms with Crippen molar-refractivity contribution >= 4 is 19.8 Å². The van der Waals surface area contributed by atoms with Gasteiger partial charge in [0.05, 0.1) is 27.7 Å². The zero-order chi connectivity index (χ0) is 61.2. The van der Waals surface area contributed by atoms with E-state index in [1.165, 1.54) is 70.6 Å². The van der Waals surface area contributed by atoms with E-state index in [2.05, 4.69) is 184 Å². The molecule has 0 saturated carbocycles. The molecule has 9 nitrogen and oxygen atoms in total. The highest BCUT2D eigenvalue weighted by molar-refractivity contribution is 7.47. The molecule has 0 heterocycles. The van der Waals surface area contributed by atoms with Crippen LogP contribution in [-0.2, 0) is 32.7 Å². The lowest BCUT2D eigenvalue weighted by Crippen LogP contribution is -2.37. The Hall–Kier alpha value is -4.63. The van der Waals surface area contributed by atoms with Crippen LogP contribution in [0, 0.1) is 0 Å². The monoisotopic (exact) mass is 1180 g/mol. The van der Waals surface area contributed by atoms with Crippen molar-refractivity contribution in [2.45, 2.75) is 238 Å². The zero-order valence-electron chi connectivity index (χ0n) is 53.8. The van der Waals surface area contributed by atoms with Crippen LogP contribution >= 0.6 is 7.82 Å². The Morgan fingerprint density at radius 3 is 0.964 bits per heavy atom. The van der Waals surface area contributed by atoms with Crippen LogP contribution in [0.2, 0.25) is 0 Å². The number of allylic oxidation sites excluding steroid dienone is 28. The van der Waals surface area contributed by atoms with E-state index in [9.17, 15) is 19.0 Å². The fraction of sp³-hybridized carbons (Fsp3) is 0.595. The molecular weight excluding hydrogens is 1060 g/mol. The van der Waals surface area contributed by atoms with Gasteiger partial charge in [-0.2, -0.15) is 0 Å². The van der Waals surface area contributed by atoms with Crippen LogP contribution in [0.4, 0.5) is 0 Å². The third-order valence-electron chi connectivity index (χ3n) is 13.2. The highest BCUT2D eigenvalue weighted by atomic mass is 31.2. The van der Waals surface area contributed by atoms with Crippen LogP contribution in [0.1, 0.15) is 232 Å². The molecule has 2 atom stereocenters. The minimum Gasteiger partial charge on any atom is -0.462 e. The van der Waals surface area contributed by atoms with Gasteiger partial charge in [-0.3, -0.25) is 18.6 Å². The van der Waals surface area contributed by atoms with E-state index in [1.54, 1.807) is 0 Å². The lowest BCUT2D eigenvalue weighted by Gasteiger charge is -2.24. The number of hydrogen-bond acceptors (Lipinski definition) is 7. The smallest absolute Gasteiger partial charge is 0.462 e. The van der Waals surface area contributed by atoms with E-state index in [0.29, 0.717) is 17.4 Å². The molecule has 2 unspecified atom stereocenters. The summed E-state index contributed by atoms with van der Waals surface area (Å²) in [5, 5.41) is 0. The summed E-state index contributed by atoms with van der Waals surface area (Å²) in [6, 6.07) is 0. The van der Waals surface area contributed by atoms with Crippen molar-refractivity contribution in [3.05, 3.63) is 170 Å². The largest absolute Gasteiger partial charge is 0.472 e. The summed E-state index contributed by atoms with van der Waals surface area (Å²) in [6.07, 6.45) is 95.8. The molecule has 0 rings (SSSR count). The van der Waals surface area contributed by atoms with E-state index in [4.69, 9.17) is 18.5 Å². The van der Waals surface area contributed by atoms with E-state index in [0.717, 1.165) is 128 Å². The maximum absolute atomic E-state index is 12.9. The molecule has 0 fully saturated rings. The van der Waals surface area contributed by atoms with Gasteiger partial charge in [-0.1, -0.05) is 261 Å². The Labute approximate surface area is 515 Å². The summed E-state index contributed by atoms with van der Waals surface area (Å²) >= 11 is 0. The molecule has 0 aromatic carbocycles. The molecule has 474 valence electrons. The van der Waals surface area contributed by atoms with E-state index < -0.39 is 26.5 Å². The lowest BCUT2D eigenvalue weighted by molar-refractivity contribution is -0.870. The number of unbranched alkanes of at least 4 members (excludes halogenated alkanes) is 16. The molecule has 0 aliphatic rings. The minimum absolute atomic E-state index is 0.0152. The van der Waals surface area contributed by atoms with Crippen molar-refractivity contribution in [3.8, 4) is 0 Å². The predicted octanol–water partition coefficient (Wildman–Crippen LogP) is 21.4. The molecule has 0 aromatic rings. The van der Waals surface area contributed by atoms with Crippen LogP contribution in [0.5, 0.6) is 0 Å². The maximum Gasteiger partial charge on any atom is 0.472 e. The van der Waals surface area contributed by atoms with Gasteiger partial charge < -0.3 is 18.9 Å². The van der Waals surface area contributed by atoms with Crippen molar-refractivity contribution in [1.82, 2.24) is 0 Å². The van der Waals surface area contributed by atoms with Gasteiger partial charge in [-0.15, -0.1) is 0 Å². The molecule has 0 amide bonds. The van der Waals surface area contributed by atoms with Crippen LogP contribution in [0.15, 0.2) is 170 Å². The second-order valence-corrected chi connectivity index (χ2v) is 23.8. The van der Waals surface area contributed by atoms with Crippen LogP contribution in [0.25, 0.3) is 0 Å². The summed E-state index contributed by atoms with van der Waals surface area (Å²) in [5.41, 5.74) is 0. The summed E-state index contributed by atoms with van der Waals surface area (Å²) in [6.45, 7) is 4.15. The van der Waals surface area contributed by atoms with Gasteiger partial charge in [0, 0.05) is 12.8 Å². The average molecular weight is 1180 g/mol. The van der Waals surface area contributed by atoms with Crippen LogP contribution in [-0.4, -0.2) is 74.9 Å². The minimum atomic E-state index is -4.41. The normalized spacial score (nSPS) is 14.3. The van der Waals surface area contributed by atoms with Gasteiger partial charge in [0.25, 0.3) is 0 Å². The number of hydrogen-bond donors (Lipinski definition) is 1. The number of quaternary nitrogens is 1. The number of carbonyl (C=O) groups excluding carboxylic acids is 2. The average Bonchev–Trinajstić information content (AvgIpc) is 3.61. The number of phosphoric ester groups is 1. The SMILES string of the molecule is CC/C=C\C/C=C\C/C=C\C/C=C\C/C=C\C/C=C\C/C=C\C/C=C\C/C=C\CCCCCC(=O)OC(COC(=O)CCCCCCCCCCCCCCC/C=C\C/C=C\C/C=C\C/C=C\C/C=C\CC)COP(=O)(O)OCC[N+](C)(C)C. The quantitative estimate of drug-likeness (QED) is 0.0211. The van der Waals surface area contributed by atoms with Gasteiger partial charge in [0.1, 0.15) is 19.8 Å². The standard InChI is InChI=1S/C74H120NO8P/c1-6-8-10-12-14-16-18-20-22-24-26-28-30-32-34-36-37-39-41-43-45-47-49-51-53-55-57-59-61-63-65-67-74(77)83-72(71-82-84(78,79)81-69-68-75(3,4)5)70-80-73(76)66-64-62-60-58-56-54-52-50-48-46-44-42-40-38-35-33-31-29-27-25-23-21-19-17-15-13-11-9-7-2/h8-11,14-17,20-23,26-29,32-35,37,39,43,45,49,51,55,57,72H,6-7,12-13,18-19,24-25,30-31,36,38,40-42,44,46-48,50,52-54,56,58-71H2,1-5H3/p+1/b10-8-,11-9-,16-14-,17-15-,22-20-,23-21-,28-26-,29-27-,34-32-,35-33-,39-37-,45-43-,51-49-,57-55-. The fourth-order valence-corrected chi connectivity index (χ4v) is 9.01. The molecule has 0 aliphatic carbocycles. The molecule has 1 N–H and O–H groups in total. The number of nitrogens with zero attached hydrogens (tertiary/aromatic N) is 1. The fourth-order valence-electron chi connectivity index (χ4n) is 8.27. The first-order valence-electron chi connectivity index (χ1n) is 32.9. The topological polar surface area (TPSA) is 108 Å². The first kappa shape index (κ1) is 79.4. The summed E-state index contributed by atoms with van der Waals surface area (Å²) in [7, 11) is 1.43. The van der Waals surface area contributed by atoms with Gasteiger partial charge in [-0.25, -0.2) is 4.57 Å². The van der Waals surface area contributed by atoms with E-state index >= 15 is 0 Å². The Morgan fingerprint density at radius 2 is 0.643 bits per heavy atom. The van der Waals surface area contributed by atoms with Gasteiger partial charge in [0.2, 0.25) is 0 Å². The van der Waals surface area contributed by atoms with E-state index in [1.807, 2.05) is 21.1 Å². The number of rotatable bonds is 58. The first-order valence-corrected chi connectivity index (χ1v) is 34.4. The van der Waals surface area contributed by atoms with Crippen molar-refractivity contribution in [2.75, 3.05) is 47.5 Å². The second kappa shape index (κ2) is 62.9. The molecule has 0 radical (unpaired) electrons. The van der Waals surface area contributed by atoms with Gasteiger partial charge in [0.15, 0.2) is 6.10 Å². The second-order valence-electron chi connectivity index (χ2n) is 22.4. The number of ether oxygens (including phenoxy) is 2. The predicted molar refractivity (Wildman–Crippen MR) is 362 cm³/mol. The lowest BCUT2D eigenvalue weighted by atomic mass is 10.0. The van der Waals surface area contributed by atoms with E-state index in [-0.39, 0.29) is 32.0 Å². The number of esters is 2. The molecule has 84 heavy (non-hydrogen) atoms. The third-order valence-corrected chi connectivity index (χ3v) is 14.2. The van der Waals surface area contributed by atoms with Crippen LogP contribution in [0.3, 0.4) is 0 Å². The maximum atomic E-state index is 12.9. The Morgan fingerprint density at radius 1 is 0.369 bits per heavy atom. The molecule has 10 heteroatoms. The van der Waals surface area contributed by atoms with Crippen molar-refractivity contribution in [2.24, 2.45) is 0 Å². The molecular formula is C74H121NO8P+. The van der Waals surface area contributed by atoms with Crippen LogP contribution < -0.4 is 0 Å². The molecule has 0 bridgehead atoms. The highest BCUT2D eigenvalue weighted by Crippen LogP contribution is 2.43. The Bertz CT molecular complexity index is 2020. The van der Waals surface area contributed by atoms with Gasteiger partial charge in [-0.05, 0) is 128 Å². The number of carbonyl (C=O) groups is 2. The number of likely N-dealkylation sites (N-methyl/N-ethyl adjacent to an activating group) is 1. The molecule has 0 saturated heterocycles. The third kappa shape index (κ3) is 66.5. The van der Waals surface area contributed by atoms with Crippen molar-refractivity contribution in [3.63, 3.8) is 0 Å². The molecule has 0 spiro atoms. The highest BCUT2D eigenvalue weighted by Gasteiger charge is 2.27. The molecule has 0 aliphatic heterocycles. The number of phosphoric acid groups is 1. The Kier molecular flexibility index (Phi) is 59.4. The van der Waals surface area contributed by atoms with Gasteiger partial charge >= 0.3 is 19.8 Å². The first-order chi connectivity index (χ1) is 41.0. The summed E-state index contributed by atoms with van der Waals surface area (Å²) < 4.78 is 34.6. The summed E-state index contributed by atoms with van der Waals surface area (Å²) in [5.74, 6) is -0.848. The van der Waals surface area contributed by atoms with Crippen molar-refractivity contribution in [1.29, 1.82) is 0 Å².